The zero-order valence-corrected chi connectivity index (χ0v) is 17.7. The lowest BCUT2D eigenvalue weighted by molar-refractivity contribution is 0.206. The minimum Gasteiger partial charge on any atom is -0.497 e. The van der Waals surface area contributed by atoms with Crippen molar-refractivity contribution in [3.05, 3.63) is 47.5 Å². The standard InChI is InChI=1S/C23H33NO4/c1-6-26-22-15-17(11-12-24)7-9-21(22)28-14-13-27-20-10-8-18(25-5)16-19(20)23(2,3)4/h7-10,15-16H,6,11-14,24H2,1-5H3. The fraction of sp³-hybridized carbons (Fsp3) is 0.478. The van der Waals surface area contributed by atoms with Gasteiger partial charge in [-0.2, -0.15) is 0 Å². The van der Waals surface area contributed by atoms with E-state index < -0.39 is 0 Å². The quantitative estimate of drug-likeness (QED) is 0.614. The molecular weight excluding hydrogens is 354 g/mol. The van der Waals surface area contributed by atoms with Gasteiger partial charge in [-0.15, -0.1) is 0 Å². The Kier molecular flexibility index (Phi) is 8.00. The molecule has 28 heavy (non-hydrogen) atoms. The SMILES string of the molecule is CCOc1cc(CCN)ccc1OCCOc1ccc(OC)cc1C(C)(C)C. The van der Waals surface area contributed by atoms with Gasteiger partial charge in [0, 0.05) is 5.56 Å². The highest BCUT2D eigenvalue weighted by Crippen LogP contribution is 2.34. The van der Waals surface area contributed by atoms with Gasteiger partial charge in [-0.3, -0.25) is 0 Å². The molecule has 0 fully saturated rings. The molecule has 5 nitrogen and oxygen atoms in total. The van der Waals surface area contributed by atoms with E-state index in [1.807, 2.05) is 43.3 Å². The van der Waals surface area contributed by atoms with Crippen LogP contribution < -0.4 is 24.7 Å². The Morgan fingerprint density at radius 2 is 1.54 bits per heavy atom. The van der Waals surface area contributed by atoms with E-state index in [0.29, 0.717) is 26.4 Å². The Morgan fingerprint density at radius 1 is 0.857 bits per heavy atom. The normalized spacial score (nSPS) is 11.2. The molecule has 0 atom stereocenters. The van der Waals surface area contributed by atoms with Crippen molar-refractivity contribution in [2.75, 3.05) is 33.5 Å². The molecule has 2 aromatic rings. The van der Waals surface area contributed by atoms with Crippen LogP contribution in [0, 0.1) is 0 Å². The van der Waals surface area contributed by atoms with E-state index in [9.17, 15) is 0 Å². The monoisotopic (exact) mass is 387 g/mol. The lowest BCUT2D eigenvalue weighted by Crippen LogP contribution is -2.16. The van der Waals surface area contributed by atoms with Gasteiger partial charge in [0.1, 0.15) is 24.7 Å². The molecule has 154 valence electrons. The topological polar surface area (TPSA) is 62.9 Å². The van der Waals surface area contributed by atoms with Crippen LogP contribution in [0.4, 0.5) is 0 Å². The fourth-order valence-electron chi connectivity index (χ4n) is 2.91. The maximum atomic E-state index is 6.01. The van der Waals surface area contributed by atoms with Crippen LogP contribution in [0.5, 0.6) is 23.0 Å². The number of rotatable bonds is 10. The summed E-state index contributed by atoms with van der Waals surface area (Å²) < 4.78 is 23.0. The molecule has 0 saturated carbocycles. The molecule has 0 bridgehead atoms. The highest BCUT2D eigenvalue weighted by atomic mass is 16.5. The average molecular weight is 388 g/mol. The summed E-state index contributed by atoms with van der Waals surface area (Å²) in [5.74, 6) is 3.14. The van der Waals surface area contributed by atoms with Gasteiger partial charge in [-0.05, 0) is 61.2 Å². The predicted octanol–water partition coefficient (Wildman–Crippen LogP) is 4.35. The summed E-state index contributed by atoms with van der Waals surface area (Å²) in [6.45, 7) is 10.5. The molecule has 0 spiro atoms. The molecule has 0 amide bonds. The number of ether oxygens (including phenoxy) is 4. The van der Waals surface area contributed by atoms with Gasteiger partial charge in [-0.25, -0.2) is 0 Å². The van der Waals surface area contributed by atoms with E-state index in [2.05, 4.69) is 20.8 Å². The molecule has 0 aliphatic carbocycles. The summed E-state index contributed by atoms with van der Waals surface area (Å²) in [7, 11) is 1.67. The Labute approximate surface area is 168 Å². The van der Waals surface area contributed by atoms with Gasteiger partial charge in [-0.1, -0.05) is 26.8 Å². The van der Waals surface area contributed by atoms with Gasteiger partial charge in [0.15, 0.2) is 11.5 Å². The summed E-state index contributed by atoms with van der Waals surface area (Å²) in [6, 6.07) is 11.8. The number of benzene rings is 2. The van der Waals surface area contributed by atoms with E-state index in [4.69, 9.17) is 24.7 Å². The molecular formula is C23H33NO4. The molecule has 0 aliphatic heterocycles. The Bertz CT molecular complexity index is 753. The minimum atomic E-state index is -0.0499. The molecule has 2 N–H and O–H groups in total. The molecule has 0 heterocycles. The average Bonchev–Trinajstić information content (AvgIpc) is 2.66. The third kappa shape index (κ3) is 6.06. The third-order valence-electron chi connectivity index (χ3n) is 4.33. The van der Waals surface area contributed by atoms with Crippen LogP contribution in [-0.4, -0.2) is 33.5 Å². The van der Waals surface area contributed by atoms with Gasteiger partial charge < -0.3 is 24.7 Å². The number of hydrogen-bond acceptors (Lipinski definition) is 5. The highest BCUT2D eigenvalue weighted by molar-refractivity contribution is 5.44. The smallest absolute Gasteiger partial charge is 0.161 e. The van der Waals surface area contributed by atoms with Crippen molar-refractivity contribution < 1.29 is 18.9 Å². The maximum Gasteiger partial charge on any atom is 0.161 e. The van der Waals surface area contributed by atoms with Gasteiger partial charge in [0.2, 0.25) is 0 Å². The van der Waals surface area contributed by atoms with Crippen molar-refractivity contribution in [1.82, 2.24) is 0 Å². The molecule has 0 saturated heterocycles. The first-order valence-corrected chi connectivity index (χ1v) is 9.79. The summed E-state index contributed by atoms with van der Waals surface area (Å²) in [5.41, 5.74) is 7.84. The van der Waals surface area contributed by atoms with Gasteiger partial charge in [0.05, 0.1) is 13.7 Å². The zero-order chi connectivity index (χ0) is 20.6. The van der Waals surface area contributed by atoms with Crippen LogP contribution >= 0.6 is 0 Å². The molecule has 2 rings (SSSR count). The van der Waals surface area contributed by atoms with Crippen molar-refractivity contribution in [2.45, 2.75) is 39.5 Å². The second-order valence-corrected chi connectivity index (χ2v) is 7.56. The fourth-order valence-corrected chi connectivity index (χ4v) is 2.91. The summed E-state index contributed by atoms with van der Waals surface area (Å²) in [5, 5.41) is 0. The second-order valence-electron chi connectivity index (χ2n) is 7.56. The number of nitrogens with two attached hydrogens (primary N) is 1. The lowest BCUT2D eigenvalue weighted by Gasteiger charge is -2.23. The maximum absolute atomic E-state index is 6.01. The Morgan fingerprint density at radius 3 is 2.14 bits per heavy atom. The van der Waals surface area contributed by atoms with E-state index in [-0.39, 0.29) is 5.41 Å². The van der Waals surface area contributed by atoms with Crippen molar-refractivity contribution in [2.24, 2.45) is 5.73 Å². The van der Waals surface area contributed by atoms with E-state index in [1.54, 1.807) is 7.11 Å². The first-order chi connectivity index (χ1) is 13.4. The zero-order valence-electron chi connectivity index (χ0n) is 17.7. The van der Waals surface area contributed by atoms with E-state index >= 15 is 0 Å². The van der Waals surface area contributed by atoms with Crippen LogP contribution in [0.15, 0.2) is 36.4 Å². The molecule has 0 aliphatic rings. The van der Waals surface area contributed by atoms with Gasteiger partial charge >= 0.3 is 0 Å². The van der Waals surface area contributed by atoms with Crippen LogP contribution in [0.3, 0.4) is 0 Å². The van der Waals surface area contributed by atoms with Crippen LogP contribution in [0.2, 0.25) is 0 Å². The van der Waals surface area contributed by atoms with Crippen molar-refractivity contribution in [3.63, 3.8) is 0 Å². The largest absolute Gasteiger partial charge is 0.497 e. The molecule has 5 heteroatoms. The second kappa shape index (κ2) is 10.2. The minimum absolute atomic E-state index is 0.0499. The first kappa shape index (κ1) is 21.9. The van der Waals surface area contributed by atoms with E-state index in [0.717, 1.165) is 40.5 Å². The number of hydrogen-bond donors (Lipinski definition) is 1. The summed E-state index contributed by atoms with van der Waals surface area (Å²) >= 11 is 0. The molecule has 0 radical (unpaired) electrons. The van der Waals surface area contributed by atoms with Gasteiger partial charge in [0.25, 0.3) is 0 Å². The van der Waals surface area contributed by atoms with Crippen molar-refractivity contribution >= 4 is 0 Å². The van der Waals surface area contributed by atoms with E-state index in [1.165, 1.54) is 0 Å². The number of methoxy groups -OCH3 is 1. The Balaban J connectivity index is 2.01. The summed E-state index contributed by atoms with van der Waals surface area (Å²) in [6.07, 6.45) is 0.816. The third-order valence-corrected chi connectivity index (χ3v) is 4.33. The van der Waals surface area contributed by atoms with Crippen LogP contribution in [-0.2, 0) is 11.8 Å². The van der Waals surface area contributed by atoms with Crippen LogP contribution in [0.1, 0.15) is 38.8 Å². The first-order valence-electron chi connectivity index (χ1n) is 9.79. The molecule has 0 unspecified atom stereocenters. The molecule has 2 aromatic carbocycles. The molecule has 0 aromatic heterocycles. The lowest BCUT2D eigenvalue weighted by atomic mass is 9.86. The summed E-state index contributed by atoms with van der Waals surface area (Å²) in [4.78, 5) is 0. The Hall–Kier alpha value is -2.40. The highest BCUT2D eigenvalue weighted by Gasteiger charge is 2.20. The van der Waals surface area contributed by atoms with Crippen molar-refractivity contribution in [1.29, 1.82) is 0 Å². The van der Waals surface area contributed by atoms with Crippen LogP contribution in [0.25, 0.3) is 0 Å². The predicted molar refractivity (Wildman–Crippen MR) is 113 cm³/mol. The van der Waals surface area contributed by atoms with Crippen molar-refractivity contribution in [3.8, 4) is 23.0 Å².